The number of benzene rings is 1. The van der Waals surface area contributed by atoms with E-state index in [9.17, 15) is 4.79 Å². The molecule has 0 bridgehead atoms. The minimum atomic E-state index is -0.968. The normalized spacial score (nSPS) is 10.9. The number of carboxylic acid groups (broad SMARTS) is 1. The van der Waals surface area contributed by atoms with Crippen molar-refractivity contribution in [3.8, 4) is 5.69 Å². The van der Waals surface area contributed by atoms with Crippen LogP contribution in [0.3, 0.4) is 0 Å². The SMILES string of the molecule is O=C(O)/C=C/c1ccc(Br)cc1-n1ccnc1. The first kappa shape index (κ1) is 11.6. The summed E-state index contributed by atoms with van der Waals surface area (Å²) in [5.74, 6) is -0.968. The van der Waals surface area contributed by atoms with Gasteiger partial charge in [-0.2, -0.15) is 0 Å². The van der Waals surface area contributed by atoms with Crippen LogP contribution in [0.5, 0.6) is 0 Å². The molecule has 0 spiro atoms. The highest BCUT2D eigenvalue weighted by Crippen LogP contribution is 2.21. The molecule has 2 rings (SSSR count). The van der Waals surface area contributed by atoms with Crippen LogP contribution in [0.1, 0.15) is 5.56 Å². The van der Waals surface area contributed by atoms with Gasteiger partial charge in [0.25, 0.3) is 0 Å². The average Bonchev–Trinajstić information content (AvgIpc) is 2.80. The quantitative estimate of drug-likeness (QED) is 0.885. The number of imidazole rings is 1. The number of nitrogens with zero attached hydrogens (tertiary/aromatic N) is 2. The van der Waals surface area contributed by atoms with Crippen molar-refractivity contribution in [3.63, 3.8) is 0 Å². The van der Waals surface area contributed by atoms with Gasteiger partial charge in [-0.05, 0) is 23.8 Å². The highest BCUT2D eigenvalue weighted by atomic mass is 79.9. The molecule has 0 saturated heterocycles. The Morgan fingerprint density at radius 3 is 2.94 bits per heavy atom. The fraction of sp³-hybridized carbons (Fsp3) is 0. The lowest BCUT2D eigenvalue weighted by atomic mass is 10.1. The third-order valence-corrected chi connectivity index (χ3v) is 2.67. The number of halogens is 1. The lowest BCUT2D eigenvalue weighted by molar-refractivity contribution is -0.131. The van der Waals surface area contributed by atoms with E-state index >= 15 is 0 Å². The van der Waals surface area contributed by atoms with Crippen LogP contribution in [-0.4, -0.2) is 20.6 Å². The lowest BCUT2D eigenvalue weighted by Crippen LogP contribution is -1.94. The summed E-state index contributed by atoms with van der Waals surface area (Å²) in [4.78, 5) is 14.5. The van der Waals surface area contributed by atoms with Crippen molar-refractivity contribution in [1.82, 2.24) is 9.55 Å². The third-order valence-electron chi connectivity index (χ3n) is 2.18. The monoisotopic (exact) mass is 292 g/mol. The van der Waals surface area contributed by atoms with Gasteiger partial charge in [-0.15, -0.1) is 0 Å². The molecule has 5 heteroatoms. The summed E-state index contributed by atoms with van der Waals surface area (Å²) in [5.41, 5.74) is 1.68. The van der Waals surface area contributed by atoms with E-state index in [1.165, 1.54) is 0 Å². The molecule has 0 unspecified atom stereocenters. The molecule has 1 aromatic carbocycles. The van der Waals surface area contributed by atoms with Gasteiger partial charge in [-0.25, -0.2) is 9.78 Å². The Labute approximate surface area is 106 Å². The Balaban J connectivity index is 2.49. The second-order valence-electron chi connectivity index (χ2n) is 3.34. The van der Waals surface area contributed by atoms with Gasteiger partial charge in [-0.1, -0.05) is 22.0 Å². The van der Waals surface area contributed by atoms with Crippen LogP contribution in [0, 0.1) is 0 Å². The Bertz CT molecular complexity index is 562. The molecule has 1 aromatic heterocycles. The zero-order chi connectivity index (χ0) is 12.3. The van der Waals surface area contributed by atoms with Crippen LogP contribution in [0.4, 0.5) is 0 Å². The maximum absolute atomic E-state index is 10.5. The predicted molar refractivity (Wildman–Crippen MR) is 67.9 cm³/mol. The summed E-state index contributed by atoms with van der Waals surface area (Å²) in [6, 6.07) is 5.62. The molecule has 4 nitrogen and oxygen atoms in total. The van der Waals surface area contributed by atoms with Crippen LogP contribution in [-0.2, 0) is 4.79 Å². The van der Waals surface area contributed by atoms with Crippen LogP contribution >= 0.6 is 15.9 Å². The highest BCUT2D eigenvalue weighted by Gasteiger charge is 2.03. The smallest absolute Gasteiger partial charge is 0.328 e. The molecule has 0 aliphatic carbocycles. The number of carboxylic acids is 1. The molecule has 0 amide bonds. The van der Waals surface area contributed by atoms with Gasteiger partial charge < -0.3 is 9.67 Å². The van der Waals surface area contributed by atoms with Crippen LogP contribution in [0.2, 0.25) is 0 Å². The van der Waals surface area contributed by atoms with Gasteiger partial charge in [0, 0.05) is 22.9 Å². The van der Waals surface area contributed by atoms with Crippen molar-refractivity contribution >= 4 is 28.0 Å². The van der Waals surface area contributed by atoms with Crippen molar-refractivity contribution in [2.45, 2.75) is 0 Å². The molecular weight excluding hydrogens is 284 g/mol. The maximum atomic E-state index is 10.5. The minimum absolute atomic E-state index is 0.814. The molecule has 0 fully saturated rings. The molecule has 0 saturated carbocycles. The molecular formula is C12H9BrN2O2. The topological polar surface area (TPSA) is 55.1 Å². The zero-order valence-corrected chi connectivity index (χ0v) is 10.3. The van der Waals surface area contributed by atoms with Gasteiger partial charge in [0.2, 0.25) is 0 Å². The summed E-state index contributed by atoms with van der Waals surface area (Å²) in [6.45, 7) is 0. The van der Waals surface area contributed by atoms with E-state index in [-0.39, 0.29) is 0 Å². The van der Waals surface area contributed by atoms with Gasteiger partial charge in [-0.3, -0.25) is 0 Å². The Hall–Kier alpha value is -1.88. The number of carbonyl (C=O) groups is 1. The summed E-state index contributed by atoms with van der Waals surface area (Å²) < 4.78 is 2.75. The number of aliphatic carboxylic acids is 1. The first-order valence-corrected chi connectivity index (χ1v) is 5.65. The predicted octanol–water partition coefficient (Wildman–Crippen LogP) is 2.73. The number of aromatic nitrogens is 2. The maximum Gasteiger partial charge on any atom is 0.328 e. The van der Waals surface area contributed by atoms with Crippen molar-refractivity contribution in [2.24, 2.45) is 0 Å². The fourth-order valence-electron chi connectivity index (χ4n) is 1.44. The molecule has 0 radical (unpaired) electrons. The largest absolute Gasteiger partial charge is 0.478 e. The number of hydrogen-bond donors (Lipinski definition) is 1. The average molecular weight is 293 g/mol. The van der Waals surface area contributed by atoms with Crippen molar-refractivity contribution < 1.29 is 9.90 Å². The van der Waals surface area contributed by atoms with Gasteiger partial charge in [0.1, 0.15) is 0 Å². The molecule has 1 N–H and O–H groups in total. The summed E-state index contributed by atoms with van der Waals surface area (Å²) in [7, 11) is 0. The third kappa shape index (κ3) is 2.82. The van der Waals surface area contributed by atoms with E-state index < -0.39 is 5.97 Å². The lowest BCUT2D eigenvalue weighted by Gasteiger charge is -2.07. The Morgan fingerprint density at radius 1 is 1.47 bits per heavy atom. The first-order chi connectivity index (χ1) is 8.16. The standard InChI is InChI=1S/C12H9BrN2O2/c13-10-3-1-9(2-4-12(16)17)11(7-10)15-6-5-14-8-15/h1-8H,(H,16,17)/b4-2+. The molecule has 1 heterocycles. The molecule has 0 aliphatic heterocycles. The van der Waals surface area contributed by atoms with E-state index in [4.69, 9.17) is 5.11 Å². The highest BCUT2D eigenvalue weighted by molar-refractivity contribution is 9.10. The van der Waals surface area contributed by atoms with Crippen LogP contribution in [0.25, 0.3) is 11.8 Å². The van der Waals surface area contributed by atoms with Gasteiger partial charge >= 0.3 is 5.97 Å². The summed E-state index contributed by atoms with van der Waals surface area (Å²) in [6.07, 6.45) is 7.82. The van der Waals surface area contributed by atoms with Crippen molar-refractivity contribution in [3.05, 3.63) is 53.0 Å². The Kier molecular flexibility index (Phi) is 3.39. The fourth-order valence-corrected chi connectivity index (χ4v) is 1.79. The number of hydrogen-bond acceptors (Lipinski definition) is 2. The van der Waals surface area contributed by atoms with E-state index in [2.05, 4.69) is 20.9 Å². The molecule has 0 atom stereocenters. The molecule has 0 aliphatic rings. The number of rotatable bonds is 3. The van der Waals surface area contributed by atoms with Crippen molar-refractivity contribution in [1.29, 1.82) is 0 Å². The second kappa shape index (κ2) is 4.97. The van der Waals surface area contributed by atoms with Crippen LogP contribution < -0.4 is 0 Å². The zero-order valence-electron chi connectivity index (χ0n) is 8.75. The van der Waals surface area contributed by atoms with Gasteiger partial charge in [0.05, 0.1) is 12.0 Å². The first-order valence-electron chi connectivity index (χ1n) is 4.86. The van der Waals surface area contributed by atoms with Crippen molar-refractivity contribution in [2.75, 3.05) is 0 Å². The van der Waals surface area contributed by atoms with E-state index in [0.717, 1.165) is 21.8 Å². The van der Waals surface area contributed by atoms with E-state index in [1.54, 1.807) is 24.8 Å². The summed E-state index contributed by atoms with van der Waals surface area (Å²) in [5, 5.41) is 8.64. The van der Waals surface area contributed by atoms with E-state index in [0.29, 0.717) is 0 Å². The molecule has 17 heavy (non-hydrogen) atoms. The summed E-state index contributed by atoms with van der Waals surface area (Å²) >= 11 is 3.39. The molecule has 2 aromatic rings. The molecule has 86 valence electrons. The van der Waals surface area contributed by atoms with Crippen LogP contribution in [0.15, 0.2) is 47.5 Å². The minimum Gasteiger partial charge on any atom is -0.478 e. The second-order valence-corrected chi connectivity index (χ2v) is 4.26. The van der Waals surface area contributed by atoms with E-state index in [1.807, 2.05) is 22.8 Å². The van der Waals surface area contributed by atoms with Gasteiger partial charge in [0.15, 0.2) is 0 Å². The Morgan fingerprint density at radius 2 is 2.29 bits per heavy atom.